The lowest BCUT2D eigenvalue weighted by Crippen LogP contribution is -2.30. The standard InChI is InChI=1S/C70H128O6/c1-4-7-10-13-16-19-21-23-25-27-29-30-31-32-33-34-35-36-37-38-39-40-41-43-44-46-48-51-54-57-60-63-69(72)75-66-67(65-74-68(71)62-59-56-53-50-18-15-12-9-6-3)76-70(73)64-61-58-55-52-49-47-45-42-28-26-24-22-20-17-14-11-8-5-2/h20-23,26-29,67H,4-19,24-25,30-66H2,1-3H3/b22-20-,23-21-,28-26-,29-27-. The fourth-order valence-electron chi connectivity index (χ4n) is 9.98. The molecule has 0 aliphatic heterocycles. The number of allylic oxidation sites excluding steroid dienone is 8. The van der Waals surface area contributed by atoms with Gasteiger partial charge in [-0.2, -0.15) is 0 Å². The van der Waals surface area contributed by atoms with E-state index in [2.05, 4.69) is 69.4 Å². The molecular formula is C70H128O6. The second-order valence-electron chi connectivity index (χ2n) is 22.7. The maximum atomic E-state index is 12.9. The minimum Gasteiger partial charge on any atom is -0.462 e. The van der Waals surface area contributed by atoms with E-state index in [4.69, 9.17) is 14.2 Å². The molecule has 0 aliphatic carbocycles. The van der Waals surface area contributed by atoms with E-state index in [1.807, 2.05) is 0 Å². The Morgan fingerprint density at radius 2 is 0.474 bits per heavy atom. The maximum Gasteiger partial charge on any atom is 0.306 e. The van der Waals surface area contributed by atoms with Gasteiger partial charge in [0.05, 0.1) is 0 Å². The first-order valence-electron chi connectivity index (χ1n) is 33.6. The van der Waals surface area contributed by atoms with Gasteiger partial charge in [-0.25, -0.2) is 0 Å². The maximum absolute atomic E-state index is 12.9. The monoisotopic (exact) mass is 1060 g/mol. The molecule has 0 heterocycles. The summed E-state index contributed by atoms with van der Waals surface area (Å²) in [6.07, 6.45) is 81.5. The highest BCUT2D eigenvalue weighted by atomic mass is 16.6. The summed E-state index contributed by atoms with van der Waals surface area (Å²) in [5.74, 6) is -0.861. The molecular weight excluding hydrogens is 937 g/mol. The Morgan fingerprint density at radius 3 is 0.737 bits per heavy atom. The van der Waals surface area contributed by atoms with Crippen LogP contribution in [0.25, 0.3) is 0 Å². The second-order valence-corrected chi connectivity index (χ2v) is 22.7. The molecule has 444 valence electrons. The average Bonchev–Trinajstić information content (AvgIpc) is 3.42. The summed E-state index contributed by atoms with van der Waals surface area (Å²) in [7, 11) is 0. The largest absolute Gasteiger partial charge is 0.462 e. The van der Waals surface area contributed by atoms with Gasteiger partial charge in [0.15, 0.2) is 6.10 Å². The van der Waals surface area contributed by atoms with Crippen LogP contribution in [0.2, 0.25) is 0 Å². The van der Waals surface area contributed by atoms with Crippen LogP contribution in [0.5, 0.6) is 0 Å². The Labute approximate surface area is 473 Å². The molecule has 0 aromatic carbocycles. The minimum atomic E-state index is -0.773. The van der Waals surface area contributed by atoms with E-state index in [1.165, 1.54) is 244 Å². The van der Waals surface area contributed by atoms with Gasteiger partial charge in [0, 0.05) is 19.3 Å². The summed E-state index contributed by atoms with van der Waals surface area (Å²) >= 11 is 0. The fraction of sp³-hybridized carbons (Fsp3) is 0.843. The zero-order chi connectivity index (χ0) is 55.0. The van der Waals surface area contributed by atoms with Crippen molar-refractivity contribution in [2.24, 2.45) is 0 Å². The molecule has 0 saturated carbocycles. The van der Waals surface area contributed by atoms with Gasteiger partial charge in [-0.15, -0.1) is 0 Å². The summed E-state index contributed by atoms with van der Waals surface area (Å²) in [6, 6.07) is 0. The topological polar surface area (TPSA) is 78.9 Å². The van der Waals surface area contributed by atoms with E-state index in [-0.39, 0.29) is 31.1 Å². The van der Waals surface area contributed by atoms with E-state index in [0.717, 1.165) is 77.0 Å². The zero-order valence-corrected chi connectivity index (χ0v) is 51.0. The Morgan fingerprint density at radius 1 is 0.263 bits per heavy atom. The van der Waals surface area contributed by atoms with Crippen molar-refractivity contribution >= 4 is 17.9 Å². The number of ether oxygens (including phenoxy) is 3. The average molecular weight is 1070 g/mol. The molecule has 76 heavy (non-hydrogen) atoms. The van der Waals surface area contributed by atoms with Crippen LogP contribution in [0.1, 0.15) is 361 Å². The normalized spacial score (nSPS) is 12.3. The minimum absolute atomic E-state index is 0.0717. The molecule has 1 atom stereocenters. The molecule has 0 aromatic heterocycles. The van der Waals surface area contributed by atoms with E-state index in [0.29, 0.717) is 19.3 Å². The Kier molecular flexibility index (Phi) is 62.6. The van der Waals surface area contributed by atoms with Crippen LogP contribution in [0.15, 0.2) is 48.6 Å². The van der Waals surface area contributed by atoms with E-state index < -0.39 is 6.10 Å². The second kappa shape index (κ2) is 64.9. The van der Waals surface area contributed by atoms with E-state index >= 15 is 0 Å². The van der Waals surface area contributed by atoms with Gasteiger partial charge in [0.1, 0.15) is 13.2 Å². The Balaban J connectivity index is 4.08. The molecule has 0 N–H and O–H groups in total. The van der Waals surface area contributed by atoms with Gasteiger partial charge in [-0.05, 0) is 83.5 Å². The first-order valence-corrected chi connectivity index (χ1v) is 33.6. The van der Waals surface area contributed by atoms with E-state index in [9.17, 15) is 14.4 Å². The molecule has 1 unspecified atom stereocenters. The molecule has 0 radical (unpaired) electrons. The smallest absolute Gasteiger partial charge is 0.306 e. The molecule has 0 amide bonds. The third-order valence-corrected chi connectivity index (χ3v) is 15.1. The Hall–Kier alpha value is -2.63. The van der Waals surface area contributed by atoms with Crippen molar-refractivity contribution in [2.45, 2.75) is 367 Å². The summed E-state index contributed by atoms with van der Waals surface area (Å²) in [5.41, 5.74) is 0. The van der Waals surface area contributed by atoms with Gasteiger partial charge < -0.3 is 14.2 Å². The highest BCUT2D eigenvalue weighted by Gasteiger charge is 2.19. The lowest BCUT2D eigenvalue weighted by molar-refractivity contribution is -0.167. The number of carbonyl (C=O) groups excluding carboxylic acids is 3. The van der Waals surface area contributed by atoms with Crippen LogP contribution in [0.4, 0.5) is 0 Å². The Bertz CT molecular complexity index is 1310. The molecule has 0 fully saturated rings. The van der Waals surface area contributed by atoms with Crippen molar-refractivity contribution < 1.29 is 28.6 Å². The predicted molar refractivity (Wildman–Crippen MR) is 330 cm³/mol. The van der Waals surface area contributed by atoms with Crippen molar-refractivity contribution in [3.05, 3.63) is 48.6 Å². The van der Waals surface area contributed by atoms with Crippen LogP contribution < -0.4 is 0 Å². The summed E-state index contributed by atoms with van der Waals surface area (Å²) in [5, 5.41) is 0. The van der Waals surface area contributed by atoms with Crippen LogP contribution in [0, 0.1) is 0 Å². The molecule has 6 heteroatoms. The van der Waals surface area contributed by atoms with Crippen LogP contribution in [-0.4, -0.2) is 37.2 Å². The van der Waals surface area contributed by atoms with Crippen molar-refractivity contribution in [3.63, 3.8) is 0 Å². The SMILES string of the molecule is CCCCCC/C=C\C/C=C\CCCCCCCCCC(=O)OC(COC(=O)CCCCCCCCCCC)COC(=O)CCCCCCCCCCCCCCCCCCCCC/C=C\C/C=C\CCCCCCC. The number of hydrogen-bond acceptors (Lipinski definition) is 6. The molecule has 0 saturated heterocycles. The molecule has 0 spiro atoms. The number of esters is 3. The molecule has 0 aromatic rings. The number of unbranched alkanes of at least 4 members (excludes halogenated alkanes) is 43. The van der Waals surface area contributed by atoms with Gasteiger partial charge in [0.2, 0.25) is 0 Å². The molecule has 0 rings (SSSR count). The molecule has 0 aliphatic rings. The van der Waals surface area contributed by atoms with E-state index in [1.54, 1.807) is 0 Å². The van der Waals surface area contributed by atoms with Gasteiger partial charge in [-0.1, -0.05) is 307 Å². The highest BCUT2D eigenvalue weighted by Crippen LogP contribution is 2.18. The summed E-state index contributed by atoms with van der Waals surface area (Å²) in [4.78, 5) is 38.2. The van der Waals surface area contributed by atoms with Crippen molar-refractivity contribution in [2.75, 3.05) is 13.2 Å². The van der Waals surface area contributed by atoms with Crippen LogP contribution in [-0.2, 0) is 28.6 Å². The first kappa shape index (κ1) is 73.4. The van der Waals surface area contributed by atoms with Crippen molar-refractivity contribution in [1.82, 2.24) is 0 Å². The van der Waals surface area contributed by atoms with Gasteiger partial charge >= 0.3 is 17.9 Å². The first-order chi connectivity index (χ1) is 37.5. The number of carbonyl (C=O) groups is 3. The fourth-order valence-corrected chi connectivity index (χ4v) is 9.98. The zero-order valence-electron chi connectivity index (χ0n) is 51.0. The summed E-state index contributed by atoms with van der Waals surface area (Å²) in [6.45, 7) is 6.64. The third-order valence-electron chi connectivity index (χ3n) is 15.1. The van der Waals surface area contributed by atoms with Gasteiger partial charge in [0.25, 0.3) is 0 Å². The quantitative estimate of drug-likeness (QED) is 0.0261. The number of hydrogen-bond donors (Lipinski definition) is 0. The van der Waals surface area contributed by atoms with Gasteiger partial charge in [-0.3, -0.25) is 14.4 Å². The summed E-state index contributed by atoms with van der Waals surface area (Å²) < 4.78 is 16.9. The van der Waals surface area contributed by atoms with Crippen LogP contribution >= 0.6 is 0 Å². The predicted octanol–water partition coefficient (Wildman–Crippen LogP) is 22.9. The van der Waals surface area contributed by atoms with Crippen molar-refractivity contribution in [3.8, 4) is 0 Å². The lowest BCUT2D eigenvalue weighted by atomic mass is 10.0. The third kappa shape index (κ3) is 62.2. The number of rotatable bonds is 62. The highest BCUT2D eigenvalue weighted by molar-refractivity contribution is 5.71. The lowest BCUT2D eigenvalue weighted by Gasteiger charge is -2.18. The van der Waals surface area contributed by atoms with Crippen LogP contribution in [0.3, 0.4) is 0 Å². The van der Waals surface area contributed by atoms with Crippen molar-refractivity contribution in [1.29, 1.82) is 0 Å². The molecule has 6 nitrogen and oxygen atoms in total. The molecule has 0 bridgehead atoms.